The predicted molar refractivity (Wildman–Crippen MR) is 144 cm³/mol. The van der Waals surface area contributed by atoms with Gasteiger partial charge in [0.25, 0.3) is 5.91 Å². The molecule has 0 radical (unpaired) electrons. The Hall–Kier alpha value is -2.61. The molecular weight excluding hydrogens is 484 g/mol. The number of ether oxygens (including phenoxy) is 1. The van der Waals surface area contributed by atoms with Crippen LogP contribution in [0, 0.1) is 24.7 Å². The fraction of sp³-hybridized carbons (Fsp3) is 0.621. The van der Waals surface area contributed by atoms with Gasteiger partial charge in [-0.15, -0.1) is 11.3 Å². The van der Waals surface area contributed by atoms with Gasteiger partial charge in [-0.2, -0.15) is 0 Å². The van der Waals surface area contributed by atoms with E-state index in [1.54, 1.807) is 5.38 Å². The van der Waals surface area contributed by atoms with E-state index in [2.05, 4.69) is 20.9 Å². The summed E-state index contributed by atoms with van der Waals surface area (Å²) in [5.41, 5.74) is 1.58. The number of thiazole rings is 1. The third-order valence-electron chi connectivity index (χ3n) is 8.98. The summed E-state index contributed by atoms with van der Waals surface area (Å²) >= 11 is 1.43. The fourth-order valence-corrected chi connectivity index (χ4v) is 8.37. The molecule has 0 saturated heterocycles. The molecule has 2 atom stereocenters. The normalized spacial score (nSPS) is 32.1. The Morgan fingerprint density at radius 3 is 2.24 bits per heavy atom. The summed E-state index contributed by atoms with van der Waals surface area (Å²) in [4.78, 5) is 30.7. The van der Waals surface area contributed by atoms with Crippen LogP contribution < -0.4 is 20.7 Å². The molecule has 1 aromatic carbocycles. The van der Waals surface area contributed by atoms with Gasteiger partial charge in [0.15, 0.2) is 0 Å². The van der Waals surface area contributed by atoms with Crippen molar-refractivity contribution < 1.29 is 14.3 Å². The first-order chi connectivity index (χ1) is 17.9. The topological polar surface area (TPSA) is 92.3 Å². The van der Waals surface area contributed by atoms with Gasteiger partial charge in [-0.25, -0.2) is 9.78 Å². The van der Waals surface area contributed by atoms with Gasteiger partial charge in [0.2, 0.25) is 0 Å². The molecule has 3 N–H and O–H groups in total. The van der Waals surface area contributed by atoms with Crippen molar-refractivity contribution in [3.8, 4) is 5.75 Å². The van der Waals surface area contributed by atoms with Crippen molar-refractivity contribution >= 4 is 23.3 Å². The standard InChI is InChI=1S/C29H38N4O3S/c1-18-6-8-22(9-7-18)36-16-26-30-25(17-37-26)27(34)31-23-4-2-3-5-24(23)32-28(35)33-29-13-19-10-20(14-29)12-21(11-19)15-29/h6-9,17,19-21,23-24H,2-5,10-16H2,1H3,(H,31,34)(H2,32,33,35). The van der Waals surface area contributed by atoms with Crippen LogP contribution in [0.5, 0.6) is 5.75 Å². The molecule has 2 unspecified atom stereocenters. The maximum Gasteiger partial charge on any atom is 0.315 e. The smallest absolute Gasteiger partial charge is 0.315 e. The van der Waals surface area contributed by atoms with Crippen LogP contribution in [0.3, 0.4) is 0 Å². The van der Waals surface area contributed by atoms with Crippen molar-refractivity contribution in [3.05, 3.63) is 45.9 Å². The second-order valence-electron chi connectivity index (χ2n) is 12.0. The molecule has 5 fully saturated rings. The van der Waals surface area contributed by atoms with Crippen LogP contribution in [0.15, 0.2) is 29.6 Å². The first-order valence-corrected chi connectivity index (χ1v) is 14.8. The lowest BCUT2D eigenvalue weighted by Gasteiger charge is -2.56. The molecule has 0 spiro atoms. The number of aryl methyl sites for hydroxylation is 1. The Kier molecular flexibility index (Phi) is 6.86. The molecule has 1 heterocycles. The van der Waals surface area contributed by atoms with Crippen LogP contribution >= 0.6 is 11.3 Å². The summed E-state index contributed by atoms with van der Waals surface area (Å²) in [6.07, 6.45) is 11.3. The van der Waals surface area contributed by atoms with Gasteiger partial charge < -0.3 is 20.7 Å². The van der Waals surface area contributed by atoms with E-state index in [-0.39, 0.29) is 29.6 Å². The van der Waals surface area contributed by atoms with E-state index in [9.17, 15) is 9.59 Å². The van der Waals surface area contributed by atoms with Gasteiger partial charge in [0.1, 0.15) is 23.1 Å². The zero-order valence-electron chi connectivity index (χ0n) is 21.6. The second-order valence-corrected chi connectivity index (χ2v) is 12.9. The van der Waals surface area contributed by atoms with Gasteiger partial charge in [-0.1, -0.05) is 30.5 Å². The minimum Gasteiger partial charge on any atom is -0.486 e. The second kappa shape index (κ2) is 10.3. The van der Waals surface area contributed by atoms with E-state index in [1.165, 1.54) is 36.2 Å². The van der Waals surface area contributed by atoms with Crippen LogP contribution in [0.4, 0.5) is 4.79 Å². The highest BCUT2D eigenvalue weighted by molar-refractivity contribution is 7.09. The van der Waals surface area contributed by atoms with Gasteiger partial charge in [-0.3, -0.25) is 4.79 Å². The molecule has 5 aliphatic rings. The third kappa shape index (κ3) is 5.64. The largest absolute Gasteiger partial charge is 0.486 e. The zero-order chi connectivity index (χ0) is 25.4. The van der Waals surface area contributed by atoms with Gasteiger partial charge >= 0.3 is 6.03 Å². The average molecular weight is 523 g/mol. The van der Waals surface area contributed by atoms with Crippen LogP contribution in [0.1, 0.15) is 85.3 Å². The molecule has 0 aliphatic heterocycles. The molecule has 1 aromatic heterocycles. The van der Waals surface area contributed by atoms with Gasteiger partial charge in [0, 0.05) is 17.0 Å². The van der Waals surface area contributed by atoms with Crippen LogP contribution in [0.2, 0.25) is 0 Å². The summed E-state index contributed by atoms with van der Waals surface area (Å²) in [6, 6.07) is 7.68. The number of hydrogen-bond acceptors (Lipinski definition) is 5. The van der Waals surface area contributed by atoms with Crippen molar-refractivity contribution in [3.63, 3.8) is 0 Å². The Bertz CT molecular complexity index is 1100. The zero-order valence-corrected chi connectivity index (χ0v) is 22.4. The molecule has 7 nitrogen and oxygen atoms in total. The van der Waals surface area contributed by atoms with Gasteiger partial charge in [0.05, 0.1) is 6.04 Å². The minimum absolute atomic E-state index is 0.0100. The molecule has 198 valence electrons. The highest BCUT2D eigenvalue weighted by Crippen LogP contribution is 2.55. The molecule has 8 heteroatoms. The minimum atomic E-state index is -0.182. The monoisotopic (exact) mass is 522 g/mol. The molecule has 5 saturated carbocycles. The summed E-state index contributed by atoms with van der Waals surface area (Å²) in [5, 5.41) is 12.4. The SMILES string of the molecule is Cc1ccc(OCc2nc(C(=O)NC3CCCCC3NC(=O)NC34CC5CC(CC(C5)C3)C4)cs2)cc1. The molecule has 37 heavy (non-hydrogen) atoms. The number of nitrogens with one attached hydrogen (secondary N) is 3. The highest BCUT2D eigenvalue weighted by Gasteiger charge is 2.51. The number of rotatable bonds is 7. The average Bonchev–Trinajstić information content (AvgIpc) is 3.33. The predicted octanol–water partition coefficient (Wildman–Crippen LogP) is 5.34. The molecule has 2 aromatic rings. The highest BCUT2D eigenvalue weighted by atomic mass is 32.1. The maximum absolute atomic E-state index is 13.1. The lowest BCUT2D eigenvalue weighted by Crippen LogP contribution is -2.63. The third-order valence-corrected chi connectivity index (χ3v) is 9.81. The van der Waals surface area contributed by atoms with Crippen molar-refractivity contribution in [2.45, 2.75) is 95.4 Å². The number of amides is 3. The number of nitrogens with zero attached hydrogens (tertiary/aromatic N) is 1. The Morgan fingerprint density at radius 2 is 1.59 bits per heavy atom. The number of aromatic nitrogens is 1. The Balaban J connectivity index is 1.02. The quantitative estimate of drug-likeness (QED) is 0.458. The summed E-state index contributed by atoms with van der Waals surface area (Å²) in [6.45, 7) is 2.37. The van der Waals surface area contributed by atoms with E-state index >= 15 is 0 Å². The van der Waals surface area contributed by atoms with Crippen molar-refractivity contribution in [2.75, 3.05) is 0 Å². The number of carbonyl (C=O) groups excluding carboxylic acids is 2. The van der Waals surface area contributed by atoms with Crippen LogP contribution in [-0.4, -0.2) is 34.5 Å². The van der Waals surface area contributed by atoms with E-state index in [4.69, 9.17) is 4.74 Å². The van der Waals surface area contributed by atoms with Gasteiger partial charge in [-0.05, 0) is 88.2 Å². The fourth-order valence-electron chi connectivity index (χ4n) is 7.69. The molecular formula is C29H38N4O3S. The lowest BCUT2D eigenvalue weighted by atomic mass is 9.53. The number of hydrogen-bond donors (Lipinski definition) is 3. The molecule has 4 bridgehead atoms. The number of benzene rings is 1. The molecule has 7 rings (SSSR count). The summed E-state index contributed by atoms with van der Waals surface area (Å²) in [7, 11) is 0. The van der Waals surface area contributed by atoms with Crippen LogP contribution in [-0.2, 0) is 6.61 Å². The van der Waals surface area contributed by atoms with E-state index < -0.39 is 0 Å². The van der Waals surface area contributed by atoms with E-state index in [0.29, 0.717) is 12.3 Å². The Labute approximate surface area is 223 Å². The van der Waals surface area contributed by atoms with E-state index in [0.717, 1.165) is 73.5 Å². The van der Waals surface area contributed by atoms with Crippen molar-refractivity contribution in [2.24, 2.45) is 17.8 Å². The number of carbonyl (C=O) groups is 2. The van der Waals surface area contributed by atoms with Crippen molar-refractivity contribution in [1.82, 2.24) is 20.9 Å². The lowest BCUT2D eigenvalue weighted by molar-refractivity contribution is -0.0138. The first kappa shape index (κ1) is 24.7. The van der Waals surface area contributed by atoms with E-state index in [1.807, 2.05) is 31.2 Å². The van der Waals surface area contributed by atoms with Crippen molar-refractivity contribution in [1.29, 1.82) is 0 Å². The number of urea groups is 1. The maximum atomic E-state index is 13.1. The molecule has 5 aliphatic carbocycles. The summed E-state index contributed by atoms with van der Waals surface area (Å²) < 4.78 is 5.81. The molecule has 3 amide bonds. The summed E-state index contributed by atoms with van der Waals surface area (Å²) in [5.74, 6) is 2.98. The Morgan fingerprint density at radius 1 is 0.973 bits per heavy atom. The first-order valence-electron chi connectivity index (χ1n) is 14.0. The van der Waals surface area contributed by atoms with Crippen LogP contribution in [0.25, 0.3) is 0 Å².